The zero-order valence-electron chi connectivity index (χ0n) is 35.7. The first-order valence-electron chi connectivity index (χ1n) is 22.1. The van der Waals surface area contributed by atoms with Crippen LogP contribution in [0.4, 0.5) is 0 Å². The first-order chi connectivity index (χ1) is 31.5. The van der Waals surface area contributed by atoms with Crippen molar-refractivity contribution in [1.29, 1.82) is 0 Å². The lowest BCUT2D eigenvalue weighted by Crippen LogP contribution is -2.40. The highest BCUT2D eigenvalue weighted by molar-refractivity contribution is 5.97. The first-order valence-corrected chi connectivity index (χ1v) is 22.1. The highest BCUT2D eigenvalue weighted by Gasteiger charge is 2.53. The Balaban J connectivity index is 1.11. The molecular formula is C61H43N3. The largest absolute Gasteiger partial charge is 0.208 e. The quantitative estimate of drug-likeness (QED) is 0.168. The molecule has 0 unspecified atom stereocenters. The molecule has 1 aromatic heterocycles. The highest BCUT2D eigenvalue weighted by Crippen LogP contribution is 2.63. The van der Waals surface area contributed by atoms with Gasteiger partial charge in [-0.05, 0) is 84.0 Å². The molecule has 0 amide bonds. The molecule has 12 rings (SSSR count). The van der Waals surface area contributed by atoms with Crippen molar-refractivity contribution >= 4 is 0 Å². The summed E-state index contributed by atoms with van der Waals surface area (Å²) >= 11 is 0. The van der Waals surface area contributed by atoms with Gasteiger partial charge >= 0.3 is 0 Å². The molecule has 9 aromatic carbocycles. The minimum absolute atomic E-state index is 0.205. The van der Waals surface area contributed by atoms with E-state index in [0.29, 0.717) is 17.5 Å². The maximum absolute atomic E-state index is 5.39. The standard InChI is InChI=1S/C61H43N3/c1-60(2)51-24-12-14-26-53(51)61(54-27-15-13-25-52(54)60)50-38-37-47(44-31-29-42(30-32-44)40-17-6-3-7-18-40)39-49(50)56-48(23-16-28-55(56)61)59-63-57(45-21-10-5-11-22-45)62-58(64-59)46-35-33-43(34-36-46)41-19-8-4-9-20-41/h3-39H,1-2H3. The van der Waals surface area contributed by atoms with E-state index in [0.717, 1.165) is 33.4 Å². The fraction of sp³-hybridized carbons (Fsp3) is 0.0656. The molecule has 1 spiro atoms. The van der Waals surface area contributed by atoms with Crippen LogP contribution < -0.4 is 0 Å². The van der Waals surface area contributed by atoms with Gasteiger partial charge in [0.15, 0.2) is 17.5 Å². The van der Waals surface area contributed by atoms with Gasteiger partial charge in [-0.25, -0.2) is 15.0 Å². The lowest BCUT2D eigenvalue weighted by atomic mass is 9.55. The average molecular weight is 818 g/mol. The van der Waals surface area contributed by atoms with Gasteiger partial charge in [0, 0.05) is 22.1 Å². The normalized spacial score (nSPS) is 13.7. The molecule has 1 heterocycles. The van der Waals surface area contributed by atoms with E-state index in [4.69, 9.17) is 15.0 Å². The molecule has 0 radical (unpaired) electrons. The van der Waals surface area contributed by atoms with Gasteiger partial charge in [-0.1, -0.05) is 232 Å². The van der Waals surface area contributed by atoms with Crippen molar-refractivity contribution < 1.29 is 0 Å². The molecular weight excluding hydrogens is 775 g/mol. The van der Waals surface area contributed by atoms with E-state index in [1.807, 2.05) is 24.3 Å². The Hall–Kier alpha value is -8.01. The van der Waals surface area contributed by atoms with E-state index in [1.165, 1.54) is 61.2 Å². The monoisotopic (exact) mass is 817 g/mol. The second-order valence-corrected chi connectivity index (χ2v) is 17.5. The third kappa shape index (κ3) is 5.85. The molecule has 0 saturated heterocycles. The van der Waals surface area contributed by atoms with E-state index in [9.17, 15) is 0 Å². The summed E-state index contributed by atoms with van der Waals surface area (Å²) in [4.78, 5) is 15.9. The fourth-order valence-electron chi connectivity index (χ4n) is 10.6. The highest BCUT2D eigenvalue weighted by atomic mass is 15.0. The van der Waals surface area contributed by atoms with Gasteiger partial charge in [-0.15, -0.1) is 0 Å². The lowest BCUT2D eigenvalue weighted by molar-refractivity contribution is 0.563. The maximum atomic E-state index is 5.39. The third-order valence-electron chi connectivity index (χ3n) is 13.7. The Morgan fingerprint density at radius 3 is 1.17 bits per heavy atom. The number of fused-ring (bicyclic) bond motifs is 9. The molecule has 64 heavy (non-hydrogen) atoms. The molecule has 0 saturated carbocycles. The van der Waals surface area contributed by atoms with Crippen LogP contribution in [0.5, 0.6) is 0 Å². The van der Waals surface area contributed by atoms with Crippen molar-refractivity contribution in [2.45, 2.75) is 24.7 Å². The van der Waals surface area contributed by atoms with Crippen LogP contribution in [0.25, 0.3) is 78.7 Å². The minimum Gasteiger partial charge on any atom is -0.208 e. The van der Waals surface area contributed by atoms with Gasteiger partial charge in [-0.3, -0.25) is 0 Å². The maximum Gasteiger partial charge on any atom is 0.164 e. The number of hydrogen-bond donors (Lipinski definition) is 0. The Morgan fingerprint density at radius 2 is 0.641 bits per heavy atom. The van der Waals surface area contributed by atoms with Crippen LogP contribution in [0, 0.1) is 0 Å². The third-order valence-corrected chi connectivity index (χ3v) is 13.7. The number of benzene rings is 9. The molecule has 10 aromatic rings. The molecule has 2 aliphatic rings. The molecule has 0 bridgehead atoms. The summed E-state index contributed by atoms with van der Waals surface area (Å²) in [5.74, 6) is 1.92. The van der Waals surface area contributed by atoms with Crippen LogP contribution in [-0.2, 0) is 10.8 Å². The van der Waals surface area contributed by atoms with Crippen LogP contribution >= 0.6 is 0 Å². The summed E-state index contributed by atoms with van der Waals surface area (Å²) in [7, 11) is 0. The zero-order valence-corrected chi connectivity index (χ0v) is 35.7. The van der Waals surface area contributed by atoms with Gasteiger partial charge in [0.25, 0.3) is 0 Å². The van der Waals surface area contributed by atoms with E-state index in [2.05, 4.69) is 214 Å². The van der Waals surface area contributed by atoms with Gasteiger partial charge < -0.3 is 0 Å². The summed E-state index contributed by atoms with van der Waals surface area (Å²) in [6.07, 6.45) is 0. The van der Waals surface area contributed by atoms with Crippen LogP contribution in [0.3, 0.4) is 0 Å². The smallest absolute Gasteiger partial charge is 0.164 e. The number of hydrogen-bond acceptors (Lipinski definition) is 3. The second kappa shape index (κ2) is 14.8. The van der Waals surface area contributed by atoms with Crippen LogP contribution in [0.2, 0.25) is 0 Å². The molecule has 0 aliphatic heterocycles. The predicted octanol–water partition coefficient (Wildman–Crippen LogP) is 14.9. The zero-order chi connectivity index (χ0) is 42.8. The average Bonchev–Trinajstić information content (AvgIpc) is 3.67. The summed E-state index contributed by atoms with van der Waals surface area (Å²) in [5.41, 5.74) is 19.3. The SMILES string of the molecule is CC1(C)c2ccccc2C2(c3ccc(-c4ccc(-c5ccccc5)cc4)cc3-c3c(-c4nc(-c5ccccc5)nc(-c5ccc(-c6ccccc6)cc5)n4)cccc32)c2ccccc21. The number of aromatic nitrogens is 3. The Kier molecular flexibility index (Phi) is 8.74. The summed E-state index contributed by atoms with van der Waals surface area (Å²) < 4.78 is 0. The molecule has 302 valence electrons. The molecule has 0 N–H and O–H groups in total. The van der Waals surface area contributed by atoms with Crippen molar-refractivity contribution in [3.63, 3.8) is 0 Å². The topological polar surface area (TPSA) is 38.7 Å². The number of nitrogens with zero attached hydrogens (tertiary/aromatic N) is 3. The second-order valence-electron chi connectivity index (χ2n) is 17.5. The van der Waals surface area contributed by atoms with Gasteiger partial charge in [0.2, 0.25) is 0 Å². The number of rotatable bonds is 6. The first kappa shape index (κ1) is 37.7. The van der Waals surface area contributed by atoms with Crippen LogP contribution in [0.15, 0.2) is 224 Å². The molecule has 2 aliphatic carbocycles. The van der Waals surface area contributed by atoms with Gasteiger partial charge in [0.1, 0.15) is 0 Å². The fourth-order valence-corrected chi connectivity index (χ4v) is 10.6. The Bertz CT molecular complexity index is 3320. The van der Waals surface area contributed by atoms with E-state index in [1.54, 1.807) is 0 Å². The van der Waals surface area contributed by atoms with Crippen molar-refractivity contribution in [3.8, 4) is 78.7 Å². The summed E-state index contributed by atoms with van der Waals surface area (Å²) in [6.45, 7) is 4.74. The van der Waals surface area contributed by atoms with Crippen molar-refractivity contribution in [2.75, 3.05) is 0 Å². The van der Waals surface area contributed by atoms with Crippen molar-refractivity contribution in [3.05, 3.63) is 258 Å². The van der Waals surface area contributed by atoms with Gasteiger partial charge in [-0.2, -0.15) is 0 Å². The van der Waals surface area contributed by atoms with Crippen molar-refractivity contribution in [1.82, 2.24) is 15.0 Å². The Morgan fingerprint density at radius 1 is 0.266 bits per heavy atom. The predicted molar refractivity (Wildman–Crippen MR) is 262 cm³/mol. The molecule has 3 heteroatoms. The van der Waals surface area contributed by atoms with Crippen molar-refractivity contribution in [2.24, 2.45) is 0 Å². The van der Waals surface area contributed by atoms with Gasteiger partial charge in [0.05, 0.1) is 5.41 Å². The summed E-state index contributed by atoms with van der Waals surface area (Å²) in [6, 6.07) is 81.0. The van der Waals surface area contributed by atoms with Crippen LogP contribution in [-0.4, -0.2) is 15.0 Å². The minimum atomic E-state index is -0.579. The summed E-state index contributed by atoms with van der Waals surface area (Å²) in [5, 5.41) is 0. The Labute approximate surface area is 374 Å². The molecule has 3 nitrogen and oxygen atoms in total. The lowest BCUT2D eigenvalue weighted by Gasteiger charge is -2.46. The van der Waals surface area contributed by atoms with E-state index >= 15 is 0 Å². The molecule has 0 fully saturated rings. The molecule has 0 atom stereocenters. The van der Waals surface area contributed by atoms with E-state index < -0.39 is 5.41 Å². The van der Waals surface area contributed by atoms with E-state index in [-0.39, 0.29) is 5.41 Å². The van der Waals surface area contributed by atoms with Crippen LogP contribution in [0.1, 0.15) is 47.2 Å².